The van der Waals surface area contributed by atoms with Crippen LogP contribution in [0.5, 0.6) is 0 Å². The summed E-state index contributed by atoms with van der Waals surface area (Å²) in [7, 11) is -3.52. The molecule has 0 heterocycles. The molecule has 120 valence electrons. The van der Waals surface area contributed by atoms with Crippen molar-refractivity contribution < 1.29 is 8.42 Å². The zero-order chi connectivity index (χ0) is 16.0. The molecule has 0 fully saturated rings. The number of nitrogen functional groups attached to an aromatic ring is 1. The maximum absolute atomic E-state index is 12.6. The zero-order valence-corrected chi connectivity index (χ0v) is 14.4. The van der Waals surface area contributed by atoms with Gasteiger partial charge in [-0.2, -0.15) is 0 Å². The molecule has 1 rings (SSSR count). The van der Waals surface area contributed by atoms with Gasteiger partial charge < -0.3 is 5.73 Å². The molecule has 0 aliphatic carbocycles. The first kappa shape index (κ1) is 18.0. The molecule has 0 aliphatic rings. The highest BCUT2D eigenvalue weighted by Gasteiger charge is 2.22. The average molecular weight is 312 g/mol. The van der Waals surface area contributed by atoms with Gasteiger partial charge in [-0.1, -0.05) is 38.7 Å². The molecule has 0 saturated carbocycles. The Labute approximate surface area is 129 Å². The summed E-state index contributed by atoms with van der Waals surface area (Å²) >= 11 is 0. The van der Waals surface area contributed by atoms with Crippen molar-refractivity contribution in [3.05, 3.63) is 23.3 Å². The SMILES string of the molecule is CCCCCCC(C)NS(=O)(=O)c1c(C)ccc(N)c1C. The molecule has 0 bridgehead atoms. The predicted octanol–water partition coefficient (Wildman–Crippen LogP) is 3.52. The quantitative estimate of drug-likeness (QED) is 0.570. The van der Waals surface area contributed by atoms with Gasteiger partial charge in [0.2, 0.25) is 10.0 Å². The van der Waals surface area contributed by atoms with E-state index in [1.165, 1.54) is 12.8 Å². The van der Waals surface area contributed by atoms with E-state index in [1.807, 2.05) is 6.92 Å². The molecule has 4 nitrogen and oxygen atoms in total. The monoisotopic (exact) mass is 312 g/mol. The zero-order valence-electron chi connectivity index (χ0n) is 13.6. The molecule has 0 radical (unpaired) electrons. The first-order valence-electron chi connectivity index (χ1n) is 7.67. The van der Waals surface area contributed by atoms with E-state index in [4.69, 9.17) is 5.73 Å². The Morgan fingerprint density at radius 1 is 1.19 bits per heavy atom. The van der Waals surface area contributed by atoms with Crippen molar-refractivity contribution in [3.8, 4) is 0 Å². The van der Waals surface area contributed by atoms with Gasteiger partial charge in [0, 0.05) is 11.7 Å². The Bertz CT molecular complexity index is 568. The number of unbranched alkanes of at least 4 members (excludes halogenated alkanes) is 3. The van der Waals surface area contributed by atoms with Gasteiger partial charge in [0.05, 0.1) is 4.90 Å². The summed E-state index contributed by atoms with van der Waals surface area (Å²) in [4.78, 5) is 0.322. The standard InChI is InChI=1S/C16H28N2O2S/c1-5-6-7-8-9-13(3)18-21(19,20)16-12(2)10-11-15(17)14(16)4/h10-11,13,18H,5-9,17H2,1-4H3. The number of aryl methyl sites for hydroxylation is 1. The van der Waals surface area contributed by atoms with Crippen molar-refractivity contribution in [2.75, 3.05) is 5.73 Å². The molecular weight excluding hydrogens is 284 g/mol. The molecule has 0 aromatic heterocycles. The number of sulfonamides is 1. The van der Waals surface area contributed by atoms with Crippen molar-refractivity contribution in [2.45, 2.75) is 70.7 Å². The minimum Gasteiger partial charge on any atom is -0.398 e. The summed E-state index contributed by atoms with van der Waals surface area (Å²) in [6, 6.07) is 3.44. The lowest BCUT2D eigenvalue weighted by atomic mass is 10.1. The van der Waals surface area contributed by atoms with Gasteiger partial charge in [-0.15, -0.1) is 0 Å². The van der Waals surface area contributed by atoms with Gasteiger partial charge >= 0.3 is 0 Å². The van der Waals surface area contributed by atoms with Gasteiger partial charge in [0.15, 0.2) is 0 Å². The Morgan fingerprint density at radius 3 is 2.48 bits per heavy atom. The number of benzene rings is 1. The van der Waals surface area contributed by atoms with Crippen LogP contribution in [-0.4, -0.2) is 14.5 Å². The van der Waals surface area contributed by atoms with Gasteiger partial charge in [-0.05, 0) is 44.4 Å². The fraction of sp³-hybridized carbons (Fsp3) is 0.625. The van der Waals surface area contributed by atoms with Crippen LogP contribution in [0.3, 0.4) is 0 Å². The largest absolute Gasteiger partial charge is 0.398 e. The van der Waals surface area contributed by atoms with Crippen molar-refractivity contribution >= 4 is 15.7 Å². The van der Waals surface area contributed by atoms with Crippen molar-refractivity contribution in [1.29, 1.82) is 0 Å². The fourth-order valence-electron chi connectivity index (χ4n) is 2.52. The number of nitrogens with two attached hydrogens (primary N) is 1. The van der Waals surface area contributed by atoms with Crippen molar-refractivity contribution in [1.82, 2.24) is 4.72 Å². The van der Waals surface area contributed by atoms with Crippen LogP contribution >= 0.6 is 0 Å². The molecule has 21 heavy (non-hydrogen) atoms. The van der Waals surface area contributed by atoms with E-state index in [1.54, 1.807) is 26.0 Å². The Morgan fingerprint density at radius 2 is 1.86 bits per heavy atom. The number of nitrogens with one attached hydrogen (secondary N) is 1. The minimum absolute atomic E-state index is 0.0629. The lowest BCUT2D eigenvalue weighted by Crippen LogP contribution is -2.33. The van der Waals surface area contributed by atoms with E-state index >= 15 is 0 Å². The number of hydrogen-bond donors (Lipinski definition) is 2. The average Bonchev–Trinajstić information content (AvgIpc) is 2.38. The smallest absolute Gasteiger partial charge is 0.241 e. The van der Waals surface area contributed by atoms with E-state index in [0.29, 0.717) is 16.1 Å². The molecule has 0 amide bonds. The molecule has 1 atom stereocenters. The van der Waals surface area contributed by atoms with Gasteiger partial charge in [-0.3, -0.25) is 0 Å². The van der Waals surface area contributed by atoms with E-state index in [2.05, 4.69) is 11.6 Å². The third-order valence-corrected chi connectivity index (χ3v) is 5.64. The van der Waals surface area contributed by atoms with Crippen LogP contribution < -0.4 is 10.5 Å². The van der Waals surface area contributed by atoms with E-state index in [9.17, 15) is 8.42 Å². The van der Waals surface area contributed by atoms with Crippen molar-refractivity contribution in [2.24, 2.45) is 0 Å². The lowest BCUT2D eigenvalue weighted by molar-refractivity contribution is 0.521. The summed E-state index contributed by atoms with van der Waals surface area (Å²) in [6.45, 7) is 7.63. The van der Waals surface area contributed by atoms with E-state index in [-0.39, 0.29) is 6.04 Å². The molecule has 1 aromatic rings. The highest BCUT2D eigenvalue weighted by Crippen LogP contribution is 2.25. The van der Waals surface area contributed by atoms with Crippen LogP contribution in [0.4, 0.5) is 5.69 Å². The maximum Gasteiger partial charge on any atom is 0.241 e. The molecule has 5 heteroatoms. The predicted molar refractivity (Wildman–Crippen MR) is 88.9 cm³/mol. The third kappa shape index (κ3) is 5.00. The second-order valence-corrected chi connectivity index (χ2v) is 7.45. The summed E-state index contributed by atoms with van der Waals surface area (Å²) < 4.78 is 27.9. The minimum atomic E-state index is -3.52. The maximum atomic E-state index is 12.6. The summed E-state index contributed by atoms with van der Waals surface area (Å²) in [6.07, 6.45) is 5.44. The summed E-state index contributed by atoms with van der Waals surface area (Å²) in [5.74, 6) is 0. The molecule has 1 unspecified atom stereocenters. The van der Waals surface area contributed by atoms with Crippen LogP contribution in [0, 0.1) is 13.8 Å². The Balaban J connectivity index is 2.80. The van der Waals surface area contributed by atoms with Crippen LogP contribution in [0.1, 0.15) is 57.1 Å². The van der Waals surface area contributed by atoms with Crippen LogP contribution in [0.25, 0.3) is 0 Å². The highest BCUT2D eigenvalue weighted by atomic mass is 32.2. The van der Waals surface area contributed by atoms with Crippen LogP contribution in [0.15, 0.2) is 17.0 Å². The molecular formula is C16H28N2O2S. The molecule has 0 aliphatic heterocycles. The van der Waals surface area contributed by atoms with Crippen LogP contribution in [0.2, 0.25) is 0 Å². The Hall–Kier alpha value is -1.07. The second-order valence-electron chi connectivity index (χ2n) is 5.80. The summed E-state index contributed by atoms with van der Waals surface area (Å²) in [5, 5.41) is 0. The highest BCUT2D eigenvalue weighted by molar-refractivity contribution is 7.89. The summed E-state index contributed by atoms with van der Waals surface area (Å²) in [5.41, 5.74) is 7.70. The van der Waals surface area contributed by atoms with Gasteiger partial charge in [0.25, 0.3) is 0 Å². The number of rotatable bonds is 8. The first-order valence-corrected chi connectivity index (χ1v) is 9.16. The van der Waals surface area contributed by atoms with Crippen LogP contribution in [-0.2, 0) is 10.0 Å². The first-order chi connectivity index (χ1) is 9.79. The van der Waals surface area contributed by atoms with Gasteiger partial charge in [-0.25, -0.2) is 13.1 Å². The normalized spacial score (nSPS) is 13.3. The van der Waals surface area contributed by atoms with E-state index < -0.39 is 10.0 Å². The molecule has 1 aromatic carbocycles. The Kier molecular flexibility index (Phi) is 6.68. The fourth-order valence-corrected chi connectivity index (χ4v) is 4.29. The van der Waals surface area contributed by atoms with Gasteiger partial charge in [0.1, 0.15) is 0 Å². The van der Waals surface area contributed by atoms with Crippen molar-refractivity contribution in [3.63, 3.8) is 0 Å². The molecule has 3 N–H and O–H groups in total. The third-order valence-electron chi connectivity index (χ3n) is 3.76. The second kappa shape index (κ2) is 7.80. The molecule has 0 spiro atoms. The lowest BCUT2D eigenvalue weighted by Gasteiger charge is -2.17. The van der Waals surface area contributed by atoms with E-state index in [0.717, 1.165) is 24.8 Å². The molecule has 0 saturated heterocycles. The number of anilines is 1. The number of hydrogen-bond acceptors (Lipinski definition) is 3. The topological polar surface area (TPSA) is 72.2 Å².